The Bertz CT molecular complexity index is 714. The second kappa shape index (κ2) is 5.06. The van der Waals surface area contributed by atoms with Gasteiger partial charge in [0, 0.05) is 23.2 Å². The molecule has 0 atom stereocenters. The Hall–Kier alpha value is -2.19. The van der Waals surface area contributed by atoms with Gasteiger partial charge in [0.05, 0.1) is 19.3 Å². The highest BCUT2D eigenvalue weighted by Gasteiger charge is 2.25. The number of carbonyl (C=O) groups is 1. The Labute approximate surface area is 121 Å². The van der Waals surface area contributed by atoms with Crippen molar-refractivity contribution < 1.29 is 9.53 Å². The van der Waals surface area contributed by atoms with Gasteiger partial charge in [0.25, 0.3) is 5.91 Å². The van der Waals surface area contributed by atoms with E-state index in [2.05, 4.69) is 16.1 Å². The summed E-state index contributed by atoms with van der Waals surface area (Å²) in [6.07, 6.45) is 5.45. The molecule has 4 nitrogen and oxygen atoms in total. The Balaban J connectivity index is 2.25. The smallest absolute Gasteiger partial charge is 0.263 e. The van der Waals surface area contributed by atoms with E-state index in [4.69, 9.17) is 11.2 Å². The molecular formula is C15H14N2O2S. The van der Waals surface area contributed by atoms with Crippen LogP contribution in [0.1, 0.15) is 9.67 Å². The van der Waals surface area contributed by atoms with Crippen molar-refractivity contribution in [3.8, 4) is 18.1 Å². The van der Waals surface area contributed by atoms with Gasteiger partial charge in [-0.25, -0.2) is 0 Å². The molecule has 1 aromatic heterocycles. The Morgan fingerprint density at radius 2 is 2.40 bits per heavy atom. The third-order valence-electron chi connectivity index (χ3n) is 3.34. The number of amides is 1. The molecule has 0 unspecified atom stereocenters. The summed E-state index contributed by atoms with van der Waals surface area (Å²) in [6.45, 7) is 1.81. The minimum atomic E-state index is -0.0281. The van der Waals surface area contributed by atoms with Crippen LogP contribution in [-0.4, -0.2) is 32.7 Å². The second-order valence-electron chi connectivity index (χ2n) is 4.52. The normalized spacial score (nSPS) is 14.4. The van der Waals surface area contributed by atoms with Gasteiger partial charge in [0.15, 0.2) is 0 Å². The van der Waals surface area contributed by atoms with Crippen LogP contribution in [0.5, 0.6) is 5.75 Å². The van der Waals surface area contributed by atoms with E-state index in [1.807, 2.05) is 18.2 Å². The first-order chi connectivity index (χ1) is 9.74. The molecule has 2 heterocycles. The van der Waals surface area contributed by atoms with Crippen molar-refractivity contribution in [3.63, 3.8) is 0 Å². The highest BCUT2D eigenvalue weighted by Crippen LogP contribution is 2.40. The Morgan fingerprint density at radius 1 is 1.55 bits per heavy atom. The summed E-state index contributed by atoms with van der Waals surface area (Å²) in [4.78, 5) is 15.0. The number of hydrogen-bond donors (Lipinski definition) is 1. The average Bonchev–Trinajstić information content (AvgIpc) is 2.77. The SMILES string of the molecule is C#CCN1CCNC(=O)c2sc3ccc(OC)cc3c21. The first-order valence-corrected chi connectivity index (χ1v) is 7.13. The number of carbonyl (C=O) groups excluding carboxylic acids is 1. The van der Waals surface area contributed by atoms with Gasteiger partial charge in [-0.15, -0.1) is 17.8 Å². The number of rotatable bonds is 2. The highest BCUT2D eigenvalue weighted by molar-refractivity contribution is 7.21. The van der Waals surface area contributed by atoms with Crippen LogP contribution >= 0.6 is 11.3 Å². The lowest BCUT2D eigenvalue weighted by Gasteiger charge is -2.20. The quantitative estimate of drug-likeness (QED) is 0.860. The molecule has 1 aromatic carbocycles. The number of hydrogen-bond acceptors (Lipinski definition) is 4. The number of nitrogens with zero attached hydrogens (tertiary/aromatic N) is 1. The molecule has 102 valence electrons. The molecule has 20 heavy (non-hydrogen) atoms. The predicted molar refractivity (Wildman–Crippen MR) is 81.8 cm³/mol. The van der Waals surface area contributed by atoms with Crippen molar-refractivity contribution in [1.82, 2.24) is 5.32 Å². The lowest BCUT2D eigenvalue weighted by molar-refractivity contribution is 0.0962. The zero-order valence-corrected chi connectivity index (χ0v) is 11.9. The van der Waals surface area contributed by atoms with Crippen molar-refractivity contribution in [2.24, 2.45) is 0 Å². The molecule has 1 amide bonds. The largest absolute Gasteiger partial charge is 0.497 e. The van der Waals surface area contributed by atoms with Gasteiger partial charge in [0.1, 0.15) is 10.6 Å². The van der Waals surface area contributed by atoms with Gasteiger partial charge in [0.2, 0.25) is 0 Å². The molecule has 1 N–H and O–H groups in total. The number of ether oxygens (including phenoxy) is 1. The van der Waals surface area contributed by atoms with Crippen molar-refractivity contribution in [2.45, 2.75) is 0 Å². The monoisotopic (exact) mass is 286 g/mol. The van der Waals surface area contributed by atoms with Gasteiger partial charge in [-0.2, -0.15) is 0 Å². The zero-order chi connectivity index (χ0) is 14.1. The van der Waals surface area contributed by atoms with E-state index in [1.165, 1.54) is 11.3 Å². The molecule has 3 rings (SSSR count). The van der Waals surface area contributed by atoms with Crippen molar-refractivity contribution in [2.75, 3.05) is 31.6 Å². The van der Waals surface area contributed by atoms with Gasteiger partial charge in [-0.05, 0) is 18.2 Å². The number of benzene rings is 1. The molecule has 2 aromatic rings. The van der Waals surface area contributed by atoms with Crippen LogP contribution in [0.3, 0.4) is 0 Å². The molecule has 5 heteroatoms. The minimum Gasteiger partial charge on any atom is -0.497 e. The molecule has 0 saturated heterocycles. The van der Waals surface area contributed by atoms with Gasteiger partial charge >= 0.3 is 0 Å². The fraction of sp³-hybridized carbons (Fsp3) is 0.267. The standard InChI is InChI=1S/C15H14N2O2S/c1-3-7-17-8-6-16-15(18)14-13(17)11-9-10(19-2)4-5-12(11)20-14/h1,4-5,9H,6-8H2,2H3,(H,16,18). The van der Waals surface area contributed by atoms with E-state index in [1.54, 1.807) is 7.11 Å². The zero-order valence-electron chi connectivity index (χ0n) is 11.1. The van der Waals surface area contributed by atoms with Gasteiger partial charge in [-0.3, -0.25) is 4.79 Å². The summed E-state index contributed by atoms with van der Waals surface area (Å²) < 4.78 is 6.35. The number of fused-ring (bicyclic) bond motifs is 3. The van der Waals surface area contributed by atoms with E-state index in [0.29, 0.717) is 19.6 Å². The summed E-state index contributed by atoms with van der Waals surface area (Å²) in [7, 11) is 1.64. The van der Waals surface area contributed by atoms with E-state index < -0.39 is 0 Å². The summed E-state index contributed by atoms with van der Waals surface area (Å²) >= 11 is 1.49. The van der Waals surface area contributed by atoms with Crippen LogP contribution in [0.4, 0.5) is 5.69 Å². The lowest BCUT2D eigenvalue weighted by Crippen LogP contribution is -2.30. The Morgan fingerprint density at radius 3 is 3.15 bits per heavy atom. The third kappa shape index (κ3) is 1.98. The van der Waals surface area contributed by atoms with Crippen LogP contribution in [0.25, 0.3) is 10.1 Å². The van der Waals surface area contributed by atoms with Crippen molar-refractivity contribution in [1.29, 1.82) is 0 Å². The number of nitrogens with one attached hydrogen (secondary N) is 1. The molecule has 0 spiro atoms. The van der Waals surface area contributed by atoms with Gasteiger partial charge < -0.3 is 15.0 Å². The van der Waals surface area contributed by atoms with E-state index in [9.17, 15) is 4.79 Å². The summed E-state index contributed by atoms with van der Waals surface area (Å²) in [5, 5.41) is 3.93. The van der Waals surface area contributed by atoms with Crippen LogP contribution < -0.4 is 15.0 Å². The molecule has 0 aliphatic carbocycles. The van der Waals surface area contributed by atoms with E-state index in [0.717, 1.165) is 26.4 Å². The maximum absolute atomic E-state index is 12.2. The number of thiophene rings is 1. The maximum Gasteiger partial charge on any atom is 0.263 e. The molecular weight excluding hydrogens is 272 g/mol. The first-order valence-electron chi connectivity index (χ1n) is 6.31. The minimum absolute atomic E-state index is 0.0281. The van der Waals surface area contributed by atoms with E-state index >= 15 is 0 Å². The molecule has 1 aliphatic heterocycles. The summed E-state index contributed by atoms with van der Waals surface area (Å²) in [6, 6.07) is 5.85. The molecule has 0 saturated carbocycles. The topological polar surface area (TPSA) is 41.6 Å². The van der Waals surface area contributed by atoms with Crippen LogP contribution in [0.2, 0.25) is 0 Å². The van der Waals surface area contributed by atoms with E-state index in [-0.39, 0.29) is 5.91 Å². The molecule has 0 radical (unpaired) electrons. The number of methoxy groups -OCH3 is 1. The fourth-order valence-electron chi connectivity index (χ4n) is 2.42. The van der Waals surface area contributed by atoms with Crippen molar-refractivity contribution in [3.05, 3.63) is 23.1 Å². The fourth-order valence-corrected chi connectivity index (χ4v) is 3.55. The van der Waals surface area contributed by atoms with Crippen molar-refractivity contribution >= 4 is 33.0 Å². The van der Waals surface area contributed by atoms with Crippen LogP contribution in [0.15, 0.2) is 18.2 Å². The molecule has 0 bridgehead atoms. The second-order valence-corrected chi connectivity index (χ2v) is 5.58. The maximum atomic E-state index is 12.2. The predicted octanol–water partition coefficient (Wildman–Crippen LogP) is 2.09. The summed E-state index contributed by atoms with van der Waals surface area (Å²) in [5.41, 5.74) is 0.928. The third-order valence-corrected chi connectivity index (χ3v) is 4.50. The summed E-state index contributed by atoms with van der Waals surface area (Å²) in [5.74, 6) is 3.42. The highest BCUT2D eigenvalue weighted by atomic mass is 32.1. The lowest BCUT2D eigenvalue weighted by atomic mass is 10.2. The van der Waals surface area contributed by atoms with Gasteiger partial charge in [-0.1, -0.05) is 5.92 Å². The van der Waals surface area contributed by atoms with Crippen LogP contribution in [-0.2, 0) is 0 Å². The molecule has 1 aliphatic rings. The first kappa shape index (κ1) is 12.8. The number of anilines is 1. The van der Waals surface area contributed by atoms with Crippen LogP contribution in [0, 0.1) is 12.3 Å². The average molecular weight is 286 g/mol. The molecule has 0 fully saturated rings. The Kier molecular flexibility index (Phi) is 3.25. The number of terminal acetylenes is 1.